The van der Waals surface area contributed by atoms with Gasteiger partial charge >= 0.3 is 0 Å². The molecule has 0 bridgehead atoms. The Morgan fingerprint density at radius 3 is 2.88 bits per heavy atom. The summed E-state index contributed by atoms with van der Waals surface area (Å²) in [4.78, 5) is 29.2. The fourth-order valence-electron chi connectivity index (χ4n) is 2.69. The number of anilines is 1. The molecule has 7 heteroatoms. The van der Waals surface area contributed by atoms with Crippen molar-refractivity contribution in [1.29, 1.82) is 0 Å². The molecule has 2 heterocycles. The Kier molecular flexibility index (Phi) is 4.35. The van der Waals surface area contributed by atoms with E-state index >= 15 is 0 Å². The Morgan fingerprint density at radius 1 is 1.42 bits per heavy atom. The van der Waals surface area contributed by atoms with Crippen LogP contribution in [0.2, 0.25) is 0 Å². The van der Waals surface area contributed by atoms with Crippen LogP contribution < -0.4 is 15.6 Å². The molecular weight excluding hydrogens is 326 g/mol. The van der Waals surface area contributed by atoms with Gasteiger partial charge in [0.05, 0.1) is 12.6 Å². The lowest BCUT2D eigenvalue weighted by Crippen LogP contribution is -2.32. The number of carbonyl (C=O) groups excluding carboxylic acids is 1. The van der Waals surface area contributed by atoms with E-state index in [0.29, 0.717) is 16.4 Å². The van der Waals surface area contributed by atoms with E-state index in [1.165, 1.54) is 22.0 Å². The lowest BCUT2D eigenvalue weighted by atomic mass is 10.1. The van der Waals surface area contributed by atoms with Crippen LogP contribution in [0.3, 0.4) is 0 Å². The minimum absolute atomic E-state index is 0.244. The van der Waals surface area contributed by atoms with Gasteiger partial charge in [0.25, 0.3) is 5.56 Å². The van der Waals surface area contributed by atoms with Crippen molar-refractivity contribution in [3.05, 3.63) is 51.8 Å². The van der Waals surface area contributed by atoms with Crippen LogP contribution in [0.25, 0.3) is 10.9 Å². The molecule has 0 spiro atoms. The number of ether oxygens (including phenoxy) is 1. The van der Waals surface area contributed by atoms with Gasteiger partial charge in [0.15, 0.2) is 5.13 Å². The number of nitrogens with zero attached hydrogens (tertiary/aromatic N) is 2. The van der Waals surface area contributed by atoms with Crippen molar-refractivity contribution in [2.75, 3.05) is 12.4 Å². The molecule has 1 atom stereocenters. The standard InChI is InChI=1S/C17H17N3O3S/c1-10-9-14(21)20(15-12(10)5-4-6-13(15)23-3)11(2)16(22)19-17-18-7-8-24-17/h4-9,11H,1-3H3,(H,18,19,22). The Balaban J connectivity index is 2.14. The molecule has 2 aromatic heterocycles. The highest BCUT2D eigenvalue weighted by atomic mass is 32.1. The van der Waals surface area contributed by atoms with Crippen LogP contribution in [0.4, 0.5) is 5.13 Å². The molecule has 1 N–H and O–H groups in total. The van der Waals surface area contributed by atoms with Crippen LogP contribution in [0, 0.1) is 6.92 Å². The Hall–Kier alpha value is -2.67. The summed E-state index contributed by atoms with van der Waals surface area (Å²) in [6.45, 7) is 3.55. The summed E-state index contributed by atoms with van der Waals surface area (Å²) < 4.78 is 6.87. The van der Waals surface area contributed by atoms with E-state index < -0.39 is 6.04 Å². The molecule has 1 unspecified atom stereocenters. The van der Waals surface area contributed by atoms with Gasteiger partial charge < -0.3 is 10.1 Å². The number of fused-ring (bicyclic) bond motifs is 1. The number of amides is 1. The normalized spacial score (nSPS) is 12.1. The predicted molar refractivity (Wildman–Crippen MR) is 95.0 cm³/mol. The predicted octanol–water partition coefficient (Wildman–Crippen LogP) is 2.97. The van der Waals surface area contributed by atoms with Crippen molar-refractivity contribution < 1.29 is 9.53 Å². The molecule has 24 heavy (non-hydrogen) atoms. The Bertz CT molecular complexity index is 948. The first-order valence-corrected chi connectivity index (χ1v) is 8.30. The second-order valence-corrected chi connectivity index (χ2v) is 6.29. The maximum atomic E-state index is 12.6. The van der Waals surface area contributed by atoms with Crippen LogP contribution >= 0.6 is 11.3 Å². The van der Waals surface area contributed by atoms with Crippen molar-refractivity contribution in [1.82, 2.24) is 9.55 Å². The van der Waals surface area contributed by atoms with E-state index in [4.69, 9.17) is 4.74 Å². The summed E-state index contributed by atoms with van der Waals surface area (Å²) in [6, 6.07) is 6.39. The number of nitrogens with one attached hydrogen (secondary N) is 1. The van der Waals surface area contributed by atoms with Gasteiger partial charge in [-0.2, -0.15) is 0 Å². The average Bonchev–Trinajstić information content (AvgIpc) is 3.07. The third-order valence-corrected chi connectivity index (χ3v) is 4.58. The molecule has 0 saturated heterocycles. The fourth-order valence-corrected chi connectivity index (χ4v) is 3.23. The fraction of sp³-hybridized carbons (Fsp3) is 0.235. The number of aryl methyl sites for hydroxylation is 1. The number of carbonyl (C=O) groups is 1. The van der Waals surface area contributed by atoms with E-state index in [1.54, 1.807) is 31.7 Å². The lowest BCUT2D eigenvalue weighted by Gasteiger charge is -2.19. The second kappa shape index (κ2) is 6.45. The van der Waals surface area contributed by atoms with Crippen LogP contribution in [0.1, 0.15) is 18.5 Å². The third-order valence-electron chi connectivity index (χ3n) is 3.89. The second-order valence-electron chi connectivity index (χ2n) is 5.39. The number of thiazole rings is 1. The summed E-state index contributed by atoms with van der Waals surface area (Å²) in [6.07, 6.45) is 1.61. The van der Waals surface area contributed by atoms with E-state index in [2.05, 4.69) is 10.3 Å². The van der Waals surface area contributed by atoms with E-state index in [9.17, 15) is 9.59 Å². The highest BCUT2D eigenvalue weighted by Crippen LogP contribution is 2.28. The topological polar surface area (TPSA) is 73.2 Å². The van der Waals surface area contributed by atoms with Crippen molar-refractivity contribution in [3.8, 4) is 5.75 Å². The third kappa shape index (κ3) is 2.78. The van der Waals surface area contributed by atoms with E-state index in [0.717, 1.165) is 10.9 Å². The molecule has 3 aromatic rings. The van der Waals surface area contributed by atoms with Crippen molar-refractivity contribution in [3.63, 3.8) is 0 Å². The number of hydrogen-bond donors (Lipinski definition) is 1. The number of pyridine rings is 1. The van der Waals surface area contributed by atoms with Gasteiger partial charge in [-0.05, 0) is 25.5 Å². The molecule has 1 aromatic carbocycles. The van der Waals surface area contributed by atoms with Gasteiger partial charge in [0, 0.05) is 23.0 Å². The first-order chi connectivity index (χ1) is 11.5. The number of aromatic nitrogens is 2. The Morgan fingerprint density at radius 2 is 2.21 bits per heavy atom. The van der Waals surface area contributed by atoms with Crippen LogP contribution in [-0.4, -0.2) is 22.6 Å². The van der Waals surface area contributed by atoms with Gasteiger partial charge in [-0.3, -0.25) is 14.2 Å². The zero-order chi connectivity index (χ0) is 17.3. The molecule has 3 rings (SSSR count). The molecule has 0 aliphatic carbocycles. The maximum absolute atomic E-state index is 12.6. The van der Waals surface area contributed by atoms with Crippen LogP contribution in [0.5, 0.6) is 5.75 Å². The minimum atomic E-state index is -0.708. The molecule has 0 fully saturated rings. The molecule has 124 valence electrons. The molecule has 0 aliphatic rings. The molecular formula is C17H17N3O3S. The minimum Gasteiger partial charge on any atom is -0.495 e. The van der Waals surface area contributed by atoms with Gasteiger partial charge in [0.1, 0.15) is 11.8 Å². The zero-order valence-electron chi connectivity index (χ0n) is 13.6. The highest BCUT2D eigenvalue weighted by Gasteiger charge is 2.21. The number of para-hydroxylation sites is 1. The highest BCUT2D eigenvalue weighted by molar-refractivity contribution is 7.13. The molecule has 0 saturated carbocycles. The summed E-state index contributed by atoms with van der Waals surface area (Å²) >= 11 is 1.33. The summed E-state index contributed by atoms with van der Waals surface area (Å²) in [5.74, 6) is 0.255. The number of methoxy groups -OCH3 is 1. The SMILES string of the molecule is COc1cccc2c(C)cc(=O)n(C(C)C(=O)Nc3nccs3)c12. The van der Waals surface area contributed by atoms with Gasteiger partial charge in [0.2, 0.25) is 5.91 Å². The average molecular weight is 343 g/mol. The van der Waals surface area contributed by atoms with E-state index in [1.807, 2.05) is 19.1 Å². The summed E-state index contributed by atoms with van der Waals surface area (Å²) in [7, 11) is 1.55. The Labute approximate surface area is 142 Å². The quantitative estimate of drug-likeness (QED) is 0.790. The lowest BCUT2D eigenvalue weighted by molar-refractivity contribution is -0.118. The van der Waals surface area contributed by atoms with Crippen molar-refractivity contribution in [2.45, 2.75) is 19.9 Å². The molecule has 1 amide bonds. The molecule has 0 aliphatic heterocycles. The zero-order valence-corrected chi connectivity index (χ0v) is 14.4. The number of benzene rings is 1. The van der Waals surface area contributed by atoms with Gasteiger partial charge in [-0.25, -0.2) is 4.98 Å². The molecule has 0 radical (unpaired) electrons. The van der Waals surface area contributed by atoms with Gasteiger partial charge in [-0.1, -0.05) is 12.1 Å². The first-order valence-electron chi connectivity index (χ1n) is 7.42. The maximum Gasteiger partial charge on any atom is 0.252 e. The van der Waals surface area contributed by atoms with Gasteiger partial charge in [-0.15, -0.1) is 11.3 Å². The summed E-state index contributed by atoms with van der Waals surface area (Å²) in [5, 5.41) is 5.89. The van der Waals surface area contributed by atoms with Crippen LogP contribution in [-0.2, 0) is 4.79 Å². The van der Waals surface area contributed by atoms with Crippen LogP contribution in [0.15, 0.2) is 40.6 Å². The smallest absolute Gasteiger partial charge is 0.252 e. The number of rotatable bonds is 4. The number of hydrogen-bond acceptors (Lipinski definition) is 5. The van der Waals surface area contributed by atoms with Crippen molar-refractivity contribution >= 4 is 33.3 Å². The first kappa shape index (κ1) is 16.2. The largest absolute Gasteiger partial charge is 0.495 e. The summed E-state index contributed by atoms with van der Waals surface area (Å²) in [5.41, 5.74) is 1.22. The monoisotopic (exact) mass is 343 g/mol. The molecule has 6 nitrogen and oxygen atoms in total. The van der Waals surface area contributed by atoms with E-state index in [-0.39, 0.29) is 11.5 Å². The van der Waals surface area contributed by atoms with Crippen molar-refractivity contribution in [2.24, 2.45) is 0 Å².